The quantitative estimate of drug-likeness (QED) is 0.767. The second-order valence-electron chi connectivity index (χ2n) is 5.05. The summed E-state index contributed by atoms with van der Waals surface area (Å²) in [7, 11) is 0. The zero-order valence-electron chi connectivity index (χ0n) is 11.4. The summed E-state index contributed by atoms with van der Waals surface area (Å²) in [6.45, 7) is 3.80. The fourth-order valence-corrected chi connectivity index (χ4v) is 2.02. The van der Waals surface area contributed by atoms with Crippen LogP contribution in [0, 0.1) is 5.92 Å². The minimum absolute atomic E-state index is 0.194. The molecule has 2 atom stereocenters. The van der Waals surface area contributed by atoms with Crippen LogP contribution >= 0.6 is 0 Å². The van der Waals surface area contributed by atoms with Crippen molar-refractivity contribution in [2.75, 3.05) is 11.9 Å². The maximum absolute atomic E-state index is 12.1. The Morgan fingerprint density at radius 3 is 2.75 bits per heavy atom. The van der Waals surface area contributed by atoms with Gasteiger partial charge in [-0.2, -0.15) is 0 Å². The smallest absolute Gasteiger partial charge is 0.326 e. The van der Waals surface area contributed by atoms with Crippen LogP contribution in [-0.4, -0.2) is 35.7 Å². The van der Waals surface area contributed by atoms with E-state index in [1.807, 2.05) is 18.2 Å². The molecule has 0 bridgehead atoms. The number of carboxylic acids is 1. The van der Waals surface area contributed by atoms with E-state index in [0.29, 0.717) is 12.3 Å². The Balaban J connectivity index is 2.03. The fourth-order valence-electron chi connectivity index (χ4n) is 2.02. The van der Waals surface area contributed by atoms with Crippen molar-refractivity contribution in [1.29, 1.82) is 0 Å². The third-order valence-electron chi connectivity index (χ3n) is 3.16. The predicted octanol–water partition coefficient (Wildman–Crippen LogP) is 1.08. The summed E-state index contributed by atoms with van der Waals surface area (Å²) in [6.07, 6.45) is -0.731. The number of hydrogen-bond donors (Lipinski definition) is 3. The number of carboxylic acid groups (broad SMARTS) is 1. The van der Waals surface area contributed by atoms with Gasteiger partial charge in [-0.05, 0) is 18.1 Å². The second-order valence-corrected chi connectivity index (χ2v) is 5.05. The van der Waals surface area contributed by atoms with E-state index in [9.17, 15) is 9.59 Å². The SMILES string of the molecule is CC(C)C(NC(=O)C1CNc2ccccc2O1)C(=O)O. The van der Waals surface area contributed by atoms with Crippen LogP contribution in [0.25, 0.3) is 0 Å². The number of anilines is 1. The van der Waals surface area contributed by atoms with Gasteiger partial charge in [0.05, 0.1) is 12.2 Å². The molecule has 1 aromatic rings. The van der Waals surface area contributed by atoms with Crippen LogP contribution in [0.5, 0.6) is 5.75 Å². The lowest BCUT2D eigenvalue weighted by molar-refractivity contribution is -0.144. The molecule has 2 rings (SSSR count). The number of rotatable bonds is 4. The number of hydrogen-bond acceptors (Lipinski definition) is 4. The van der Waals surface area contributed by atoms with Crippen LogP contribution in [-0.2, 0) is 9.59 Å². The van der Waals surface area contributed by atoms with Crippen LogP contribution in [0.3, 0.4) is 0 Å². The average molecular weight is 278 g/mol. The van der Waals surface area contributed by atoms with E-state index in [1.165, 1.54) is 0 Å². The van der Waals surface area contributed by atoms with Crippen molar-refractivity contribution in [3.05, 3.63) is 24.3 Å². The highest BCUT2D eigenvalue weighted by Crippen LogP contribution is 2.28. The largest absolute Gasteiger partial charge is 0.480 e. The molecule has 20 heavy (non-hydrogen) atoms. The first kappa shape index (κ1) is 14.2. The molecule has 3 N–H and O–H groups in total. The summed E-state index contributed by atoms with van der Waals surface area (Å²) in [5, 5.41) is 14.7. The number of amides is 1. The fraction of sp³-hybridized carbons (Fsp3) is 0.429. The van der Waals surface area contributed by atoms with Gasteiger partial charge in [0.2, 0.25) is 0 Å². The Hall–Kier alpha value is -2.24. The van der Waals surface area contributed by atoms with Crippen LogP contribution < -0.4 is 15.4 Å². The molecule has 0 saturated heterocycles. The molecule has 1 aromatic carbocycles. The van der Waals surface area contributed by atoms with Gasteiger partial charge in [0.15, 0.2) is 6.10 Å². The van der Waals surface area contributed by atoms with Crippen LogP contribution in [0.1, 0.15) is 13.8 Å². The number of ether oxygens (including phenoxy) is 1. The van der Waals surface area contributed by atoms with E-state index in [2.05, 4.69) is 10.6 Å². The minimum Gasteiger partial charge on any atom is -0.480 e. The molecule has 0 fully saturated rings. The highest BCUT2D eigenvalue weighted by atomic mass is 16.5. The first-order valence-corrected chi connectivity index (χ1v) is 6.51. The molecule has 0 aliphatic carbocycles. The van der Waals surface area contributed by atoms with Gasteiger partial charge in [0.1, 0.15) is 11.8 Å². The average Bonchev–Trinajstić information content (AvgIpc) is 2.43. The van der Waals surface area contributed by atoms with Crippen molar-refractivity contribution < 1.29 is 19.4 Å². The number of carbonyl (C=O) groups excluding carboxylic acids is 1. The molecule has 1 amide bonds. The summed E-state index contributed by atoms with van der Waals surface area (Å²) in [5.74, 6) is -1.07. The Bertz CT molecular complexity index is 516. The molecule has 1 heterocycles. The molecule has 6 nitrogen and oxygen atoms in total. The predicted molar refractivity (Wildman–Crippen MR) is 73.8 cm³/mol. The lowest BCUT2D eigenvalue weighted by atomic mass is 10.0. The van der Waals surface area contributed by atoms with Gasteiger partial charge in [0, 0.05) is 0 Å². The molecule has 2 unspecified atom stereocenters. The number of benzene rings is 1. The summed E-state index contributed by atoms with van der Waals surface area (Å²) >= 11 is 0. The molecule has 108 valence electrons. The van der Waals surface area contributed by atoms with Crippen LogP contribution in [0.15, 0.2) is 24.3 Å². The van der Waals surface area contributed by atoms with E-state index in [0.717, 1.165) is 5.69 Å². The van der Waals surface area contributed by atoms with Crippen molar-refractivity contribution in [2.45, 2.75) is 26.0 Å². The number of fused-ring (bicyclic) bond motifs is 1. The summed E-state index contributed by atoms with van der Waals surface area (Å²) in [4.78, 5) is 23.2. The minimum atomic E-state index is -1.04. The number of para-hydroxylation sites is 2. The highest BCUT2D eigenvalue weighted by Gasteiger charge is 2.30. The summed E-state index contributed by atoms with van der Waals surface area (Å²) in [5.41, 5.74) is 0.829. The molecule has 0 saturated carbocycles. The Morgan fingerprint density at radius 2 is 2.10 bits per heavy atom. The van der Waals surface area contributed by atoms with Gasteiger partial charge in [0.25, 0.3) is 5.91 Å². The summed E-state index contributed by atoms with van der Waals surface area (Å²) < 4.78 is 5.59. The van der Waals surface area contributed by atoms with Crippen LogP contribution in [0.2, 0.25) is 0 Å². The van der Waals surface area contributed by atoms with E-state index in [1.54, 1.807) is 19.9 Å². The van der Waals surface area contributed by atoms with E-state index < -0.39 is 24.0 Å². The highest BCUT2D eigenvalue weighted by molar-refractivity contribution is 5.87. The monoisotopic (exact) mass is 278 g/mol. The van der Waals surface area contributed by atoms with Gasteiger partial charge < -0.3 is 20.5 Å². The maximum atomic E-state index is 12.1. The van der Waals surface area contributed by atoms with Crippen molar-refractivity contribution in [3.8, 4) is 5.75 Å². The molecule has 0 spiro atoms. The molecule has 6 heteroatoms. The number of carbonyl (C=O) groups is 2. The molecule has 1 aliphatic heterocycles. The topological polar surface area (TPSA) is 87.7 Å². The van der Waals surface area contributed by atoms with Gasteiger partial charge in [-0.25, -0.2) is 4.79 Å². The Morgan fingerprint density at radius 1 is 1.40 bits per heavy atom. The van der Waals surface area contributed by atoms with Crippen molar-refractivity contribution >= 4 is 17.6 Å². The third-order valence-corrected chi connectivity index (χ3v) is 3.16. The molecular formula is C14H18N2O4. The maximum Gasteiger partial charge on any atom is 0.326 e. The lowest BCUT2D eigenvalue weighted by Crippen LogP contribution is -2.52. The molecular weight excluding hydrogens is 260 g/mol. The first-order chi connectivity index (χ1) is 9.49. The Labute approximate surface area is 117 Å². The summed E-state index contributed by atoms with van der Waals surface area (Å²) in [6, 6.07) is 6.39. The van der Waals surface area contributed by atoms with Crippen molar-refractivity contribution in [1.82, 2.24) is 5.32 Å². The Kier molecular flexibility index (Phi) is 4.12. The molecule has 0 aromatic heterocycles. The zero-order valence-corrected chi connectivity index (χ0v) is 11.4. The number of nitrogens with one attached hydrogen (secondary N) is 2. The van der Waals surface area contributed by atoms with Gasteiger partial charge in [-0.1, -0.05) is 26.0 Å². The first-order valence-electron chi connectivity index (χ1n) is 6.51. The van der Waals surface area contributed by atoms with E-state index in [-0.39, 0.29) is 5.92 Å². The van der Waals surface area contributed by atoms with E-state index in [4.69, 9.17) is 9.84 Å². The van der Waals surface area contributed by atoms with Crippen LogP contribution in [0.4, 0.5) is 5.69 Å². The second kappa shape index (κ2) is 5.81. The van der Waals surface area contributed by atoms with Crippen molar-refractivity contribution in [2.24, 2.45) is 5.92 Å². The zero-order chi connectivity index (χ0) is 14.7. The normalized spacial score (nSPS) is 18.4. The molecule has 0 radical (unpaired) electrons. The standard InChI is InChI=1S/C14H18N2O4/c1-8(2)12(14(18)19)16-13(17)11-7-15-9-5-3-4-6-10(9)20-11/h3-6,8,11-12,15H,7H2,1-2H3,(H,16,17)(H,18,19). The lowest BCUT2D eigenvalue weighted by Gasteiger charge is -2.28. The third kappa shape index (κ3) is 3.01. The van der Waals surface area contributed by atoms with Gasteiger partial charge in [-0.15, -0.1) is 0 Å². The van der Waals surface area contributed by atoms with Crippen molar-refractivity contribution in [3.63, 3.8) is 0 Å². The van der Waals surface area contributed by atoms with Gasteiger partial charge in [-0.3, -0.25) is 4.79 Å². The van der Waals surface area contributed by atoms with Gasteiger partial charge >= 0.3 is 5.97 Å². The van der Waals surface area contributed by atoms with E-state index >= 15 is 0 Å². The molecule has 1 aliphatic rings. The number of aliphatic carboxylic acids is 1.